The smallest absolute Gasteiger partial charge is 0.317 e. The SMILES string of the molecule is N#CCOc1cccc(CNC(=O)N2CCOC(c3ccc(Br)cc3)C2)c1. The Hall–Kier alpha value is -2.56. The van der Waals surface area contributed by atoms with Crippen LogP contribution in [-0.4, -0.2) is 37.2 Å². The number of nitrogens with zero attached hydrogens (tertiary/aromatic N) is 2. The molecule has 0 saturated carbocycles. The van der Waals surface area contributed by atoms with Gasteiger partial charge in [-0.3, -0.25) is 0 Å². The average molecular weight is 430 g/mol. The van der Waals surface area contributed by atoms with Crippen LogP contribution in [0.5, 0.6) is 5.75 Å². The van der Waals surface area contributed by atoms with Crippen molar-refractivity contribution < 1.29 is 14.3 Å². The number of benzene rings is 2. The van der Waals surface area contributed by atoms with Crippen molar-refractivity contribution in [3.8, 4) is 11.8 Å². The number of carbonyl (C=O) groups excluding carboxylic acids is 1. The summed E-state index contributed by atoms with van der Waals surface area (Å²) in [5.74, 6) is 0.616. The molecule has 0 aliphatic carbocycles. The van der Waals surface area contributed by atoms with Crippen LogP contribution >= 0.6 is 15.9 Å². The molecule has 1 saturated heterocycles. The Labute approximate surface area is 166 Å². The van der Waals surface area contributed by atoms with Crippen molar-refractivity contribution >= 4 is 22.0 Å². The zero-order chi connectivity index (χ0) is 19.1. The predicted octanol–water partition coefficient (Wildman–Crippen LogP) is 3.63. The molecule has 2 amide bonds. The fourth-order valence-corrected chi connectivity index (χ4v) is 3.13. The molecule has 27 heavy (non-hydrogen) atoms. The molecule has 2 aromatic carbocycles. The number of urea groups is 1. The zero-order valence-electron chi connectivity index (χ0n) is 14.7. The third-order valence-corrected chi connectivity index (χ3v) is 4.77. The Morgan fingerprint density at radius 2 is 2.15 bits per heavy atom. The van der Waals surface area contributed by atoms with Crippen molar-refractivity contribution in [2.24, 2.45) is 0 Å². The van der Waals surface area contributed by atoms with Gasteiger partial charge in [-0.25, -0.2) is 4.79 Å². The molecular weight excluding hydrogens is 410 g/mol. The summed E-state index contributed by atoms with van der Waals surface area (Å²) in [5.41, 5.74) is 1.97. The highest BCUT2D eigenvalue weighted by Gasteiger charge is 2.25. The molecular formula is C20H20BrN3O3. The largest absolute Gasteiger partial charge is 0.479 e. The summed E-state index contributed by atoms with van der Waals surface area (Å²) in [4.78, 5) is 14.3. The van der Waals surface area contributed by atoms with Crippen molar-refractivity contribution in [2.45, 2.75) is 12.6 Å². The third kappa shape index (κ3) is 5.46. The summed E-state index contributed by atoms with van der Waals surface area (Å²) in [6, 6.07) is 17.1. The van der Waals surface area contributed by atoms with Gasteiger partial charge >= 0.3 is 6.03 Å². The second-order valence-corrected chi connectivity index (χ2v) is 7.03. The molecule has 1 N–H and O–H groups in total. The van der Waals surface area contributed by atoms with Gasteiger partial charge < -0.3 is 19.7 Å². The third-order valence-electron chi connectivity index (χ3n) is 4.24. The van der Waals surface area contributed by atoms with Crippen molar-refractivity contribution in [3.05, 3.63) is 64.1 Å². The van der Waals surface area contributed by atoms with E-state index in [-0.39, 0.29) is 18.7 Å². The van der Waals surface area contributed by atoms with Gasteiger partial charge in [-0.1, -0.05) is 40.2 Å². The number of carbonyl (C=O) groups is 1. The van der Waals surface area contributed by atoms with Gasteiger partial charge in [-0.05, 0) is 35.4 Å². The number of morpholine rings is 1. The van der Waals surface area contributed by atoms with E-state index in [0.717, 1.165) is 15.6 Å². The first-order valence-corrected chi connectivity index (χ1v) is 9.43. The van der Waals surface area contributed by atoms with E-state index in [0.29, 0.717) is 32.0 Å². The molecule has 0 bridgehead atoms. The number of amides is 2. The van der Waals surface area contributed by atoms with Crippen molar-refractivity contribution in [3.63, 3.8) is 0 Å². The van der Waals surface area contributed by atoms with Gasteiger partial charge in [0.25, 0.3) is 0 Å². The molecule has 1 aliphatic heterocycles. The number of halogens is 1. The quantitative estimate of drug-likeness (QED) is 0.786. The number of nitrogens with one attached hydrogen (secondary N) is 1. The summed E-state index contributed by atoms with van der Waals surface area (Å²) < 4.78 is 12.1. The van der Waals surface area contributed by atoms with E-state index in [1.165, 1.54) is 0 Å². The first kappa shape index (κ1) is 19.2. The molecule has 0 spiro atoms. The van der Waals surface area contributed by atoms with Crippen LogP contribution in [0.4, 0.5) is 4.79 Å². The lowest BCUT2D eigenvalue weighted by atomic mass is 10.1. The maximum atomic E-state index is 12.5. The first-order valence-electron chi connectivity index (χ1n) is 8.64. The lowest BCUT2D eigenvalue weighted by molar-refractivity contribution is -0.0154. The molecule has 1 fully saturated rings. The Morgan fingerprint density at radius 3 is 2.93 bits per heavy atom. The van der Waals surface area contributed by atoms with Crippen LogP contribution in [-0.2, 0) is 11.3 Å². The van der Waals surface area contributed by atoms with E-state index in [9.17, 15) is 4.79 Å². The Bertz CT molecular complexity index is 820. The van der Waals surface area contributed by atoms with Crippen molar-refractivity contribution in [1.82, 2.24) is 10.2 Å². The van der Waals surface area contributed by atoms with Crippen LogP contribution in [0.1, 0.15) is 17.2 Å². The van der Waals surface area contributed by atoms with Gasteiger partial charge in [-0.2, -0.15) is 5.26 Å². The van der Waals surface area contributed by atoms with Gasteiger partial charge in [0.05, 0.1) is 13.2 Å². The van der Waals surface area contributed by atoms with Crippen molar-refractivity contribution in [2.75, 3.05) is 26.3 Å². The van der Waals surface area contributed by atoms with Gasteiger partial charge in [0, 0.05) is 17.6 Å². The van der Waals surface area contributed by atoms with Crippen LogP contribution in [0.15, 0.2) is 53.0 Å². The molecule has 0 aromatic heterocycles. The second kappa shape index (κ2) is 9.40. The van der Waals surface area contributed by atoms with Gasteiger partial charge in [0.2, 0.25) is 0 Å². The minimum absolute atomic E-state index is 0.00103. The number of hydrogen-bond acceptors (Lipinski definition) is 4. The molecule has 3 rings (SSSR count). The number of rotatable bonds is 5. The summed E-state index contributed by atoms with van der Waals surface area (Å²) in [6.45, 7) is 1.97. The van der Waals surface area contributed by atoms with E-state index < -0.39 is 0 Å². The minimum Gasteiger partial charge on any atom is -0.479 e. The normalized spacial score (nSPS) is 16.4. The Balaban J connectivity index is 1.55. The highest BCUT2D eigenvalue weighted by molar-refractivity contribution is 9.10. The molecule has 2 aromatic rings. The lowest BCUT2D eigenvalue weighted by Crippen LogP contribution is -2.46. The van der Waals surface area contributed by atoms with Gasteiger partial charge in [0.15, 0.2) is 6.61 Å². The fraction of sp³-hybridized carbons (Fsp3) is 0.300. The van der Waals surface area contributed by atoms with Gasteiger partial charge in [0.1, 0.15) is 17.9 Å². The van der Waals surface area contributed by atoms with E-state index in [1.54, 1.807) is 11.0 Å². The maximum Gasteiger partial charge on any atom is 0.317 e. The lowest BCUT2D eigenvalue weighted by Gasteiger charge is -2.33. The molecule has 7 heteroatoms. The van der Waals surface area contributed by atoms with Crippen molar-refractivity contribution in [1.29, 1.82) is 5.26 Å². The van der Waals surface area contributed by atoms with Crippen LogP contribution in [0.2, 0.25) is 0 Å². The number of nitriles is 1. The molecule has 0 radical (unpaired) electrons. The summed E-state index contributed by atoms with van der Waals surface area (Å²) in [5, 5.41) is 11.5. The summed E-state index contributed by atoms with van der Waals surface area (Å²) in [7, 11) is 0. The zero-order valence-corrected chi connectivity index (χ0v) is 16.3. The van der Waals surface area contributed by atoms with Crippen LogP contribution in [0.3, 0.4) is 0 Å². The molecule has 140 valence electrons. The highest BCUT2D eigenvalue weighted by atomic mass is 79.9. The van der Waals surface area contributed by atoms with Gasteiger partial charge in [-0.15, -0.1) is 0 Å². The van der Waals surface area contributed by atoms with E-state index in [4.69, 9.17) is 14.7 Å². The maximum absolute atomic E-state index is 12.5. The molecule has 1 atom stereocenters. The fourth-order valence-electron chi connectivity index (χ4n) is 2.86. The molecule has 6 nitrogen and oxygen atoms in total. The number of ether oxygens (including phenoxy) is 2. The van der Waals surface area contributed by atoms with Crippen LogP contribution < -0.4 is 10.1 Å². The van der Waals surface area contributed by atoms with Crippen LogP contribution in [0.25, 0.3) is 0 Å². The standard InChI is InChI=1S/C20H20BrN3O3/c21-17-6-4-16(5-7-17)19-14-24(9-11-27-19)20(25)23-13-15-2-1-3-18(12-15)26-10-8-22/h1-7,12,19H,9-11,13-14H2,(H,23,25). The topological polar surface area (TPSA) is 74.6 Å². The Kier molecular flexibility index (Phi) is 6.69. The Morgan fingerprint density at radius 1 is 1.33 bits per heavy atom. The average Bonchev–Trinajstić information content (AvgIpc) is 2.71. The number of hydrogen-bond donors (Lipinski definition) is 1. The molecule has 1 heterocycles. The first-order chi connectivity index (χ1) is 13.2. The second-order valence-electron chi connectivity index (χ2n) is 6.11. The van der Waals surface area contributed by atoms with E-state index in [1.807, 2.05) is 48.5 Å². The van der Waals surface area contributed by atoms with E-state index in [2.05, 4.69) is 21.2 Å². The van der Waals surface area contributed by atoms with Crippen LogP contribution in [0, 0.1) is 11.3 Å². The highest BCUT2D eigenvalue weighted by Crippen LogP contribution is 2.24. The summed E-state index contributed by atoms with van der Waals surface area (Å²) in [6.07, 6.45) is -0.125. The van der Waals surface area contributed by atoms with E-state index >= 15 is 0 Å². The monoisotopic (exact) mass is 429 g/mol. The minimum atomic E-state index is -0.125. The molecule has 1 aliphatic rings. The molecule has 1 unspecified atom stereocenters. The summed E-state index contributed by atoms with van der Waals surface area (Å²) >= 11 is 3.43. The predicted molar refractivity (Wildman–Crippen MR) is 104 cm³/mol.